The SMILES string of the molecule is C[C@H](CO)NC(=O)c1cc(N2Cc3ccccc3C2)nc(-c2cnn(C)c2)n1. The number of aryl methyl sites for hydroxylation is 1. The van der Waals surface area contributed by atoms with Gasteiger partial charge in [0.1, 0.15) is 11.5 Å². The number of nitrogens with one attached hydrogen (secondary N) is 1. The predicted octanol–water partition coefficient (Wildman–Crippen LogP) is 1.51. The van der Waals surface area contributed by atoms with Crippen LogP contribution in [0.1, 0.15) is 28.5 Å². The molecule has 144 valence electrons. The van der Waals surface area contributed by atoms with Crippen LogP contribution in [0.2, 0.25) is 0 Å². The van der Waals surface area contributed by atoms with E-state index in [4.69, 9.17) is 4.98 Å². The van der Waals surface area contributed by atoms with Crippen LogP contribution in [0.5, 0.6) is 0 Å². The van der Waals surface area contributed by atoms with Gasteiger partial charge in [0.15, 0.2) is 5.82 Å². The Kier molecular flexibility index (Phi) is 4.79. The molecule has 0 radical (unpaired) electrons. The van der Waals surface area contributed by atoms with Gasteiger partial charge in [-0.25, -0.2) is 9.97 Å². The van der Waals surface area contributed by atoms with Gasteiger partial charge in [0.25, 0.3) is 5.91 Å². The first-order valence-electron chi connectivity index (χ1n) is 9.15. The van der Waals surface area contributed by atoms with Crippen LogP contribution in [-0.2, 0) is 20.1 Å². The lowest BCUT2D eigenvalue weighted by Crippen LogP contribution is -2.35. The number of aliphatic hydroxyl groups excluding tert-OH is 1. The fraction of sp³-hybridized carbons (Fsp3) is 0.300. The summed E-state index contributed by atoms with van der Waals surface area (Å²) >= 11 is 0. The summed E-state index contributed by atoms with van der Waals surface area (Å²) in [4.78, 5) is 23.9. The number of fused-ring (bicyclic) bond motifs is 1. The second-order valence-corrected chi connectivity index (χ2v) is 7.02. The summed E-state index contributed by atoms with van der Waals surface area (Å²) in [5.74, 6) is 0.794. The van der Waals surface area contributed by atoms with E-state index in [2.05, 4.69) is 32.4 Å². The molecule has 8 heteroatoms. The van der Waals surface area contributed by atoms with Gasteiger partial charge in [-0.3, -0.25) is 9.48 Å². The van der Waals surface area contributed by atoms with Crippen molar-refractivity contribution in [3.8, 4) is 11.4 Å². The number of hydrogen-bond acceptors (Lipinski definition) is 6. The zero-order valence-corrected chi connectivity index (χ0v) is 15.8. The van der Waals surface area contributed by atoms with Crippen molar-refractivity contribution in [2.75, 3.05) is 11.5 Å². The average Bonchev–Trinajstić information content (AvgIpc) is 3.33. The normalized spacial score (nSPS) is 14.0. The molecule has 0 fully saturated rings. The minimum Gasteiger partial charge on any atom is -0.394 e. The molecule has 0 saturated carbocycles. The Labute approximate surface area is 162 Å². The molecule has 1 aromatic carbocycles. The van der Waals surface area contributed by atoms with Crippen molar-refractivity contribution in [2.45, 2.75) is 26.1 Å². The van der Waals surface area contributed by atoms with Crippen LogP contribution in [0.25, 0.3) is 11.4 Å². The number of benzene rings is 1. The van der Waals surface area contributed by atoms with Crippen molar-refractivity contribution in [1.29, 1.82) is 0 Å². The third-order valence-corrected chi connectivity index (χ3v) is 4.72. The smallest absolute Gasteiger partial charge is 0.270 e. The summed E-state index contributed by atoms with van der Waals surface area (Å²) in [5.41, 5.74) is 3.51. The average molecular weight is 378 g/mol. The van der Waals surface area contributed by atoms with Gasteiger partial charge in [-0.15, -0.1) is 0 Å². The van der Waals surface area contributed by atoms with Crippen molar-refractivity contribution >= 4 is 11.7 Å². The number of carbonyl (C=O) groups excluding carboxylic acids is 1. The Bertz CT molecular complexity index is 990. The van der Waals surface area contributed by atoms with Crippen molar-refractivity contribution in [3.05, 3.63) is 59.5 Å². The highest BCUT2D eigenvalue weighted by atomic mass is 16.3. The molecule has 0 unspecified atom stereocenters. The molecule has 0 saturated heterocycles. The Morgan fingerprint density at radius 3 is 2.57 bits per heavy atom. The number of anilines is 1. The van der Waals surface area contributed by atoms with Crippen LogP contribution in [0.3, 0.4) is 0 Å². The number of aliphatic hydroxyl groups is 1. The maximum Gasteiger partial charge on any atom is 0.270 e. The number of hydrogen-bond donors (Lipinski definition) is 2. The van der Waals surface area contributed by atoms with E-state index >= 15 is 0 Å². The van der Waals surface area contributed by atoms with Crippen LogP contribution in [-0.4, -0.2) is 43.4 Å². The van der Waals surface area contributed by atoms with Gasteiger partial charge in [0, 0.05) is 38.4 Å². The first-order valence-corrected chi connectivity index (χ1v) is 9.15. The highest BCUT2D eigenvalue weighted by Gasteiger charge is 2.23. The minimum absolute atomic E-state index is 0.138. The topological polar surface area (TPSA) is 96.2 Å². The molecule has 0 aliphatic carbocycles. The summed E-state index contributed by atoms with van der Waals surface area (Å²) in [6.45, 7) is 3.06. The molecule has 8 nitrogen and oxygen atoms in total. The zero-order valence-electron chi connectivity index (χ0n) is 15.8. The van der Waals surface area contributed by atoms with Crippen LogP contribution in [0, 0.1) is 0 Å². The third-order valence-electron chi connectivity index (χ3n) is 4.72. The second kappa shape index (κ2) is 7.40. The van der Waals surface area contributed by atoms with Gasteiger partial charge >= 0.3 is 0 Å². The van der Waals surface area contributed by atoms with E-state index < -0.39 is 0 Å². The van der Waals surface area contributed by atoms with Crippen molar-refractivity contribution in [3.63, 3.8) is 0 Å². The summed E-state index contributed by atoms with van der Waals surface area (Å²) in [7, 11) is 1.82. The molecule has 0 spiro atoms. The van der Waals surface area contributed by atoms with Crippen molar-refractivity contribution in [2.24, 2.45) is 7.05 Å². The fourth-order valence-electron chi connectivity index (χ4n) is 3.22. The molecule has 3 heterocycles. The Morgan fingerprint density at radius 1 is 1.25 bits per heavy atom. The van der Waals surface area contributed by atoms with Crippen LogP contribution in [0.15, 0.2) is 42.7 Å². The maximum absolute atomic E-state index is 12.6. The molecule has 2 aromatic heterocycles. The molecule has 2 N–H and O–H groups in total. The van der Waals surface area contributed by atoms with Crippen LogP contribution >= 0.6 is 0 Å². The van der Waals surface area contributed by atoms with E-state index in [0.29, 0.717) is 11.6 Å². The second-order valence-electron chi connectivity index (χ2n) is 7.02. The van der Waals surface area contributed by atoms with E-state index in [0.717, 1.165) is 18.7 Å². The molecular weight excluding hydrogens is 356 g/mol. The molecular formula is C20H22N6O2. The first kappa shape index (κ1) is 18.1. The van der Waals surface area contributed by atoms with E-state index in [9.17, 15) is 9.90 Å². The summed E-state index contributed by atoms with van der Waals surface area (Å²) in [6, 6.07) is 9.61. The highest BCUT2D eigenvalue weighted by Crippen LogP contribution is 2.28. The van der Waals surface area contributed by atoms with E-state index in [1.54, 1.807) is 23.9 Å². The fourth-order valence-corrected chi connectivity index (χ4v) is 3.22. The molecule has 1 aliphatic heterocycles. The molecule has 3 aromatic rings. The maximum atomic E-state index is 12.6. The molecule has 1 amide bonds. The number of amides is 1. The quantitative estimate of drug-likeness (QED) is 0.699. The van der Waals surface area contributed by atoms with Crippen LogP contribution < -0.4 is 10.2 Å². The van der Waals surface area contributed by atoms with Gasteiger partial charge in [-0.05, 0) is 18.1 Å². The van der Waals surface area contributed by atoms with Crippen molar-refractivity contribution in [1.82, 2.24) is 25.1 Å². The Hall–Kier alpha value is -3.26. The lowest BCUT2D eigenvalue weighted by molar-refractivity contribution is 0.0917. The molecule has 28 heavy (non-hydrogen) atoms. The van der Waals surface area contributed by atoms with Gasteiger partial charge in [-0.2, -0.15) is 5.10 Å². The van der Waals surface area contributed by atoms with Crippen LogP contribution in [0.4, 0.5) is 5.82 Å². The number of carbonyl (C=O) groups is 1. The van der Waals surface area contributed by atoms with Crippen molar-refractivity contribution < 1.29 is 9.90 Å². The summed E-state index contributed by atoms with van der Waals surface area (Å²) in [5, 5.41) is 16.2. The molecule has 4 rings (SSSR count). The lowest BCUT2D eigenvalue weighted by Gasteiger charge is -2.18. The van der Waals surface area contributed by atoms with Gasteiger partial charge in [0.2, 0.25) is 0 Å². The number of nitrogens with zero attached hydrogens (tertiary/aromatic N) is 5. The van der Waals surface area contributed by atoms with E-state index in [1.165, 1.54) is 11.1 Å². The monoisotopic (exact) mass is 378 g/mol. The lowest BCUT2D eigenvalue weighted by atomic mass is 10.1. The number of aromatic nitrogens is 4. The highest BCUT2D eigenvalue weighted by molar-refractivity contribution is 5.93. The Morgan fingerprint density at radius 2 is 1.96 bits per heavy atom. The largest absolute Gasteiger partial charge is 0.394 e. The number of rotatable bonds is 5. The minimum atomic E-state index is -0.358. The zero-order chi connectivity index (χ0) is 19.7. The van der Waals surface area contributed by atoms with Gasteiger partial charge in [-0.1, -0.05) is 24.3 Å². The molecule has 1 aliphatic rings. The van der Waals surface area contributed by atoms with Gasteiger partial charge in [0.05, 0.1) is 18.4 Å². The summed E-state index contributed by atoms with van der Waals surface area (Å²) in [6.07, 6.45) is 3.49. The summed E-state index contributed by atoms with van der Waals surface area (Å²) < 4.78 is 1.67. The Balaban J connectivity index is 1.71. The molecule has 0 bridgehead atoms. The van der Waals surface area contributed by atoms with E-state index in [1.807, 2.05) is 25.4 Å². The first-order chi connectivity index (χ1) is 13.5. The molecule has 1 atom stereocenters. The predicted molar refractivity (Wildman–Crippen MR) is 105 cm³/mol. The van der Waals surface area contributed by atoms with Gasteiger partial charge < -0.3 is 15.3 Å². The standard InChI is InChI=1S/C20H22N6O2/c1-13(12-27)22-20(28)17-7-18(24-19(23-17)16-8-21-25(2)9-16)26-10-14-5-3-4-6-15(14)11-26/h3-9,13,27H,10-12H2,1-2H3,(H,22,28)/t13-/m1/s1. The third kappa shape index (κ3) is 3.59. The van der Waals surface area contributed by atoms with E-state index in [-0.39, 0.29) is 24.2 Å².